The highest BCUT2D eigenvalue weighted by Crippen LogP contribution is 2.35. The van der Waals surface area contributed by atoms with Crippen LogP contribution < -0.4 is 5.32 Å². The smallest absolute Gasteiger partial charge is 0.107 e. The number of thiazole rings is 1. The van der Waals surface area contributed by atoms with Crippen LogP contribution >= 0.6 is 11.3 Å². The zero-order valence-corrected chi connectivity index (χ0v) is 12.7. The van der Waals surface area contributed by atoms with Gasteiger partial charge >= 0.3 is 0 Å². The lowest BCUT2D eigenvalue weighted by Gasteiger charge is -2.44. The van der Waals surface area contributed by atoms with Gasteiger partial charge in [0.2, 0.25) is 0 Å². The van der Waals surface area contributed by atoms with E-state index in [0.29, 0.717) is 0 Å². The second-order valence-corrected chi connectivity index (χ2v) is 6.93. The standard InChI is InChI=1S/C15H25N3S/c1-16-9-15-17-13(11-19-15)10-18-8-4-6-12-5-2-3-7-14(12)18/h11-12,14,16H,2-10H2,1H3/t12-,14-/m1/s1. The molecule has 3 rings (SSSR count). The predicted octanol–water partition coefficient (Wildman–Crippen LogP) is 3.02. The quantitative estimate of drug-likeness (QED) is 0.918. The monoisotopic (exact) mass is 279 g/mol. The van der Waals surface area contributed by atoms with Crippen LogP contribution in [0.25, 0.3) is 0 Å². The van der Waals surface area contributed by atoms with Crippen molar-refractivity contribution in [2.45, 2.75) is 57.7 Å². The van der Waals surface area contributed by atoms with Crippen LogP contribution in [0.1, 0.15) is 49.2 Å². The molecule has 19 heavy (non-hydrogen) atoms. The summed E-state index contributed by atoms with van der Waals surface area (Å²) in [5.74, 6) is 0.970. The van der Waals surface area contributed by atoms with E-state index in [1.54, 1.807) is 11.3 Å². The highest BCUT2D eigenvalue weighted by atomic mass is 32.1. The lowest BCUT2D eigenvalue weighted by atomic mass is 9.78. The Labute approximate surface area is 120 Å². The molecule has 1 N–H and O–H groups in total. The average Bonchev–Trinajstić information content (AvgIpc) is 2.87. The molecule has 1 saturated heterocycles. The fourth-order valence-corrected chi connectivity index (χ4v) is 4.58. The Morgan fingerprint density at radius 1 is 1.32 bits per heavy atom. The fraction of sp³-hybridized carbons (Fsp3) is 0.800. The van der Waals surface area contributed by atoms with E-state index in [2.05, 4.69) is 15.6 Å². The molecular weight excluding hydrogens is 254 g/mol. The topological polar surface area (TPSA) is 28.2 Å². The highest BCUT2D eigenvalue weighted by molar-refractivity contribution is 7.09. The number of rotatable bonds is 4. The minimum Gasteiger partial charge on any atom is -0.314 e. The maximum Gasteiger partial charge on any atom is 0.107 e. The molecule has 0 spiro atoms. The van der Waals surface area contributed by atoms with E-state index in [4.69, 9.17) is 4.98 Å². The summed E-state index contributed by atoms with van der Waals surface area (Å²) in [6.07, 6.45) is 8.61. The number of fused-ring (bicyclic) bond motifs is 1. The third-order valence-electron chi connectivity index (χ3n) is 4.65. The van der Waals surface area contributed by atoms with Crippen molar-refractivity contribution in [3.8, 4) is 0 Å². The fourth-order valence-electron chi connectivity index (χ4n) is 3.79. The third kappa shape index (κ3) is 3.18. The van der Waals surface area contributed by atoms with Crippen LogP contribution in [0.3, 0.4) is 0 Å². The van der Waals surface area contributed by atoms with Gasteiger partial charge in [-0.1, -0.05) is 12.8 Å². The first-order valence-corrected chi connectivity index (χ1v) is 8.56. The van der Waals surface area contributed by atoms with Gasteiger partial charge in [0.05, 0.1) is 5.69 Å². The van der Waals surface area contributed by atoms with Crippen molar-refractivity contribution >= 4 is 11.3 Å². The lowest BCUT2D eigenvalue weighted by molar-refractivity contribution is 0.0538. The molecule has 0 aromatic carbocycles. The molecule has 1 aliphatic carbocycles. The molecule has 0 unspecified atom stereocenters. The van der Waals surface area contributed by atoms with Gasteiger partial charge < -0.3 is 5.32 Å². The Balaban J connectivity index is 1.63. The van der Waals surface area contributed by atoms with Gasteiger partial charge in [-0.2, -0.15) is 0 Å². The van der Waals surface area contributed by atoms with Gasteiger partial charge in [0, 0.05) is 24.5 Å². The van der Waals surface area contributed by atoms with Gasteiger partial charge in [-0.15, -0.1) is 11.3 Å². The van der Waals surface area contributed by atoms with Crippen LogP contribution in [0.5, 0.6) is 0 Å². The Bertz CT molecular complexity index is 402. The summed E-state index contributed by atoms with van der Waals surface area (Å²) in [4.78, 5) is 7.46. The average molecular weight is 279 g/mol. The molecule has 4 heteroatoms. The molecule has 2 aliphatic rings. The maximum absolute atomic E-state index is 4.75. The summed E-state index contributed by atoms with van der Waals surface area (Å²) in [6, 6.07) is 0.844. The Kier molecular flexibility index (Phi) is 4.51. The van der Waals surface area contributed by atoms with Crippen molar-refractivity contribution in [1.82, 2.24) is 15.2 Å². The van der Waals surface area contributed by atoms with Crippen LogP contribution in [0.2, 0.25) is 0 Å². The second kappa shape index (κ2) is 6.33. The van der Waals surface area contributed by atoms with Gasteiger partial charge in [0.1, 0.15) is 5.01 Å². The molecular formula is C15H25N3S. The summed E-state index contributed by atoms with van der Waals surface area (Å²) >= 11 is 1.79. The predicted molar refractivity (Wildman–Crippen MR) is 80.3 cm³/mol. The van der Waals surface area contributed by atoms with Crippen molar-refractivity contribution < 1.29 is 0 Å². The molecule has 106 valence electrons. The molecule has 1 saturated carbocycles. The van der Waals surface area contributed by atoms with Gasteiger partial charge in [-0.3, -0.25) is 4.90 Å². The van der Waals surface area contributed by atoms with Gasteiger partial charge in [0.15, 0.2) is 0 Å². The number of nitrogens with zero attached hydrogens (tertiary/aromatic N) is 2. The number of piperidine rings is 1. The van der Waals surface area contributed by atoms with Crippen LogP contribution in [0, 0.1) is 5.92 Å². The number of hydrogen-bond donors (Lipinski definition) is 1. The molecule has 1 aromatic heterocycles. The Morgan fingerprint density at radius 2 is 2.16 bits per heavy atom. The minimum absolute atomic E-state index is 0.844. The number of aromatic nitrogens is 1. The molecule has 1 aromatic rings. The molecule has 2 atom stereocenters. The van der Waals surface area contributed by atoms with Gasteiger partial charge in [0.25, 0.3) is 0 Å². The van der Waals surface area contributed by atoms with Crippen molar-refractivity contribution in [2.24, 2.45) is 5.92 Å². The number of hydrogen-bond acceptors (Lipinski definition) is 4. The molecule has 2 fully saturated rings. The molecule has 2 heterocycles. The highest BCUT2D eigenvalue weighted by Gasteiger charge is 2.33. The number of nitrogens with one attached hydrogen (secondary N) is 1. The number of likely N-dealkylation sites (tertiary alicyclic amines) is 1. The van der Waals surface area contributed by atoms with Crippen LogP contribution in [0.4, 0.5) is 0 Å². The van der Waals surface area contributed by atoms with Gasteiger partial charge in [-0.05, 0) is 45.2 Å². The van der Waals surface area contributed by atoms with Gasteiger partial charge in [-0.25, -0.2) is 4.98 Å². The maximum atomic E-state index is 4.75. The first-order valence-electron chi connectivity index (χ1n) is 7.69. The first kappa shape index (κ1) is 13.5. The van der Waals surface area contributed by atoms with Crippen molar-refractivity contribution in [1.29, 1.82) is 0 Å². The summed E-state index contributed by atoms with van der Waals surface area (Å²) in [5, 5.41) is 6.65. The second-order valence-electron chi connectivity index (χ2n) is 5.99. The summed E-state index contributed by atoms with van der Waals surface area (Å²) in [5.41, 5.74) is 1.28. The summed E-state index contributed by atoms with van der Waals surface area (Å²) in [6.45, 7) is 3.25. The molecule has 0 amide bonds. The Morgan fingerprint density at radius 3 is 3.05 bits per heavy atom. The summed E-state index contributed by atoms with van der Waals surface area (Å²) in [7, 11) is 1.98. The van der Waals surface area contributed by atoms with E-state index in [0.717, 1.165) is 25.0 Å². The van der Waals surface area contributed by atoms with Crippen molar-refractivity contribution in [3.05, 3.63) is 16.1 Å². The van der Waals surface area contributed by atoms with E-state index in [-0.39, 0.29) is 0 Å². The van der Waals surface area contributed by atoms with E-state index in [1.807, 2.05) is 7.05 Å². The van der Waals surface area contributed by atoms with Crippen LogP contribution in [-0.4, -0.2) is 29.5 Å². The largest absolute Gasteiger partial charge is 0.314 e. The van der Waals surface area contributed by atoms with E-state index in [1.165, 1.54) is 55.8 Å². The zero-order chi connectivity index (χ0) is 13.1. The zero-order valence-electron chi connectivity index (χ0n) is 11.9. The normalized spacial score (nSPS) is 28.3. The lowest BCUT2D eigenvalue weighted by Crippen LogP contribution is -2.46. The molecule has 3 nitrogen and oxygen atoms in total. The van der Waals surface area contributed by atoms with E-state index < -0.39 is 0 Å². The Hall–Kier alpha value is -0.450. The van der Waals surface area contributed by atoms with Crippen LogP contribution in [0.15, 0.2) is 5.38 Å². The minimum atomic E-state index is 0.844. The molecule has 0 bridgehead atoms. The third-order valence-corrected chi connectivity index (χ3v) is 5.55. The van der Waals surface area contributed by atoms with E-state index in [9.17, 15) is 0 Å². The van der Waals surface area contributed by atoms with E-state index >= 15 is 0 Å². The summed E-state index contributed by atoms with van der Waals surface area (Å²) < 4.78 is 0. The molecule has 0 radical (unpaired) electrons. The SMILES string of the molecule is CNCc1nc(CN2CCC[C@H]3CCCC[C@H]32)cs1. The first-order chi connectivity index (χ1) is 9.36. The van der Waals surface area contributed by atoms with Crippen molar-refractivity contribution in [3.63, 3.8) is 0 Å². The van der Waals surface area contributed by atoms with Crippen molar-refractivity contribution in [2.75, 3.05) is 13.6 Å². The molecule has 1 aliphatic heterocycles. The van der Waals surface area contributed by atoms with Crippen LogP contribution in [-0.2, 0) is 13.1 Å².